The van der Waals surface area contributed by atoms with E-state index < -0.39 is 0 Å². The molecule has 7 rings (SSSR count). The molecule has 0 saturated carbocycles. The molecular formula is C48H54Br2N4. The SMILES string of the molecule is Cc1c(Br)c(C)c2c(C)c1Cc1c(C)c(c(C)c(Cn3cccn3)c1C)Cc1c(C)c(Br)c(C)c(c1C)Cc1c(C)c(c(C)c(Cn3cccn3)c1C)C2. The number of rotatable bonds is 4. The molecule has 6 heteroatoms. The van der Waals surface area contributed by atoms with E-state index in [-0.39, 0.29) is 0 Å². The second-order valence-corrected chi connectivity index (χ2v) is 17.6. The van der Waals surface area contributed by atoms with E-state index >= 15 is 0 Å². The molecule has 4 nitrogen and oxygen atoms in total. The minimum atomic E-state index is 0.764. The predicted molar refractivity (Wildman–Crippen MR) is 232 cm³/mol. The summed E-state index contributed by atoms with van der Waals surface area (Å²) in [6.07, 6.45) is 11.5. The maximum atomic E-state index is 4.66. The van der Waals surface area contributed by atoms with Gasteiger partial charge < -0.3 is 0 Å². The first-order chi connectivity index (χ1) is 25.6. The van der Waals surface area contributed by atoms with Crippen LogP contribution in [-0.4, -0.2) is 19.6 Å². The van der Waals surface area contributed by atoms with Gasteiger partial charge in [-0.3, -0.25) is 9.36 Å². The first kappa shape index (κ1) is 38.5. The molecule has 0 fully saturated rings. The van der Waals surface area contributed by atoms with Gasteiger partial charge in [-0.25, -0.2) is 0 Å². The second kappa shape index (κ2) is 14.7. The lowest BCUT2D eigenvalue weighted by Gasteiger charge is -2.29. The molecule has 0 atom stereocenters. The number of hydrogen-bond donors (Lipinski definition) is 0. The van der Waals surface area contributed by atoms with Crippen LogP contribution in [0.3, 0.4) is 0 Å². The van der Waals surface area contributed by atoms with Crippen LogP contribution in [0.15, 0.2) is 45.9 Å². The summed E-state index contributed by atoms with van der Waals surface area (Å²) in [5.41, 5.74) is 31.0. The van der Waals surface area contributed by atoms with Crippen molar-refractivity contribution in [1.29, 1.82) is 0 Å². The Balaban J connectivity index is 1.58. The Morgan fingerprint density at radius 1 is 0.389 bits per heavy atom. The highest BCUT2D eigenvalue weighted by molar-refractivity contribution is 9.10. The molecule has 8 bridgehead atoms. The van der Waals surface area contributed by atoms with Crippen molar-refractivity contribution in [3.63, 3.8) is 0 Å². The first-order valence-electron chi connectivity index (χ1n) is 19.3. The number of halogens is 2. The van der Waals surface area contributed by atoms with E-state index in [0.717, 1.165) is 38.8 Å². The van der Waals surface area contributed by atoms with Crippen molar-refractivity contribution in [3.8, 4) is 0 Å². The number of hydrogen-bond acceptors (Lipinski definition) is 2. The minimum absolute atomic E-state index is 0.764. The quantitative estimate of drug-likeness (QED) is 0.177. The molecular weight excluding hydrogens is 792 g/mol. The van der Waals surface area contributed by atoms with Crippen molar-refractivity contribution in [3.05, 3.63) is 168 Å². The Morgan fingerprint density at radius 3 is 0.852 bits per heavy atom. The van der Waals surface area contributed by atoms with Crippen LogP contribution in [0, 0.1) is 83.1 Å². The summed E-state index contributed by atoms with van der Waals surface area (Å²) < 4.78 is 6.64. The molecule has 0 spiro atoms. The van der Waals surface area contributed by atoms with E-state index in [4.69, 9.17) is 0 Å². The van der Waals surface area contributed by atoms with Crippen molar-refractivity contribution in [2.75, 3.05) is 0 Å². The molecule has 2 aromatic heterocycles. The molecule has 0 amide bonds. The van der Waals surface area contributed by atoms with Crippen molar-refractivity contribution in [2.24, 2.45) is 0 Å². The van der Waals surface area contributed by atoms with Gasteiger partial charge in [0.1, 0.15) is 0 Å². The monoisotopic (exact) mass is 844 g/mol. The highest BCUT2D eigenvalue weighted by atomic mass is 79.9. The maximum absolute atomic E-state index is 4.66. The summed E-state index contributed by atoms with van der Waals surface area (Å²) in [7, 11) is 0. The van der Waals surface area contributed by atoms with Crippen LogP contribution in [0.4, 0.5) is 0 Å². The summed E-state index contributed by atoms with van der Waals surface area (Å²) in [4.78, 5) is 0. The summed E-state index contributed by atoms with van der Waals surface area (Å²) >= 11 is 8.27. The average molecular weight is 847 g/mol. The van der Waals surface area contributed by atoms with Gasteiger partial charge in [-0.2, -0.15) is 10.2 Å². The first-order valence-corrected chi connectivity index (χ1v) is 20.9. The van der Waals surface area contributed by atoms with Crippen molar-refractivity contribution in [2.45, 2.75) is 122 Å². The number of fused-ring (bicyclic) bond motifs is 8. The summed E-state index contributed by atoms with van der Waals surface area (Å²) in [6, 6.07) is 4.06. The summed E-state index contributed by atoms with van der Waals surface area (Å²) in [5, 5.41) is 9.33. The van der Waals surface area contributed by atoms with E-state index in [9.17, 15) is 0 Å². The molecule has 0 saturated heterocycles. The molecule has 2 heterocycles. The Labute approximate surface area is 339 Å². The molecule has 0 N–H and O–H groups in total. The topological polar surface area (TPSA) is 35.6 Å². The zero-order valence-electron chi connectivity index (χ0n) is 34.3. The molecule has 1 aliphatic rings. The second-order valence-electron chi connectivity index (χ2n) is 16.0. The molecule has 6 aromatic rings. The average Bonchev–Trinajstić information content (AvgIpc) is 3.87. The highest BCUT2D eigenvalue weighted by Gasteiger charge is 2.27. The Kier molecular flexibility index (Phi) is 10.5. The van der Waals surface area contributed by atoms with Crippen LogP contribution >= 0.6 is 31.9 Å². The fraction of sp³-hybridized carbons (Fsp3) is 0.375. The van der Waals surface area contributed by atoms with Gasteiger partial charge in [-0.1, -0.05) is 31.9 Å². The molecule has 280 valence electrons. The lowest BCUT2D eigenvalue weighted by molar-refractivity contribution is 0.678. The maximum Gasteiger partial charge on any atom is 0.0664 e. The lowest BCUT2D eigenvalue weighted by Crippen LogP contribution is -2.16. The van der Waals surface area contributed by atoms with Gasteiger partial charge in [0, 0.05) is 33.7 Å². The third kappa shape index (κ3) is 6.35. The molecule has 1 aliphatic carbocycles. The Bertz CT molecular complexity index is 2170. The lowest BCUT2D eigenvalue weighted by atomic mass is 9.77. The zero-order chi connectivity index (χ0) is 38.9. The van der Waals surface area contributed by atoms with Gasteiger partial charge in [0.25, 0.3) is 0 Å². The van der Waals surface area contributed by atoms with E-state index in [1.807, 2.05) is 24.5 Å². The van der Waals surface area contributed by atoms with Crippen molar-refractivity contribution >= 4 is 31.9 Å². The van der Waals surface area contributed by atoms with Crippen LogP contribution in [-0.2, 0) is 38.8 Å². The van der Waals surface area contributed by atoms with Gasteiger partial charge in [0.15, 0.2) is 0 Å². The van der Waals surface area contributed by atoms with Crippen LogP contribution < -0.4 is 0 Å². The van der Waals surface area contributed by atoms with Gasteiger partial charge in [0.2, 0.25) is 0 Å². The van der Waals surface area contributed by atoms with Crippen LogP contribution in [0.1, 0.15) is 122 Å². The predicted octanol–water partition coefficient (Wildman–Crippen LogP) is 12.1. The molecule has 0 radical (unpaired) electrons. The van der Waals surface area contributed by atoms with E-state index in [1.54, 1.807) is 0 Å². The fourth-order valence-corrected chi connectivity index (χ4v) is 10.7. The molecule has 0 unspecified atom stereocenters. The highest BCUT2D eigenvalue weighted by Crippen LogP contribution is 2.42. The normalized spacial score (nSPS) is 12.9. The van der Waals surface area contributed by atoms with Crippen molar-refractivity contribution < 1.29 is 0 Å². The summed E-state index contributed by atoms with van der Waals surface area (Å²) in [6.45, 7) is 29.7. The Hall–Kier alpha value is -3.74. The standard InChI is InChI=1S/C48H54Br2N4/c1-25-37-19-41-27(3)43(35(11)47(49)33(41)9)21-39-26(2)40(32(8)46(31(39)7)24-54-18-14-16-52-54)22-44-28(4)42(34(10)48(50)36(44)12)20-38(25)30(6)45(29(37)5)23-53-17-13-15-51-53/h13-18H,19-24H2,1-12H3. The van der Waals surface area contributed by atoms with E-state index in [1.165, 1.54) is 131 Å². The van der Waals surface area contributed by atoms with Crippen LogP contribution in [0.2, 0.25) is 0 Å². The fourth-order valence-electron chi connectivity index (χ4n) is 9.78. The van der Waals surface area contributed by atoms with Gasteiger partial charge in [-0.05, 0) is 243 Å². The van der Waals surface area contributed by atoms with E-state index in [2.05, 4.69) is 147 Å². The number of nitrogens with zero attached hydrogens (tertiary/aromatic N) is 4. The van der Waals surface area contributed by atoms with Gasteiger partial charge in [-0.15, -0.1) is 0 Å². The van der Waals surface area contributed by atoms with Crippen LogP contribution in [0.5, 0.6) is 0 Å². The van der Waals surface area contributed by atoms with Crippen molar-refractivity contribution in [1.82, 2.24) is 19.6 Å². The third-order valence-electron chi connectivity index (χ3n) is 13.5. The number of benzene rings is 4. The zero-order valence-corrected chi connectivity index (χ0v) is 37.4. The molecule has 0 aliphatic heterocycles. The Morgan fingerprint density at radius 2 is 0.630 bits per heavy atom. The van der Waals surface area contributed by atoms with Gasteiger partial charge in [0.05, 0.1) is 13.1 Å². The summed E-state index contributed by atoms with van der Waals surface area (Å²) in [5.74, 6) is 0. The largest absolute Gasteiger partial charge is 0.268 e. The number of aromatic nitrogens is 4. The smallest absolute Gasteiger partial charge is 0.0664 e. The minimum Gasteiger partial charge on any atom is -0.268 e. The van der Waals surface area contributed by atoms with Gasteiger partial charge >= 0.3 is 0 Å². The third-order valence-corrected chi connectivity index (χ3v) is 15.9. The van der Waals surface area contributed by atoms with E-state index in [0.29, 0.717) is 0 Å². The molecule has 4 aromatic carbocycles. The van der Waals surface area contributed by atoms with Crippen LogP contribution in [0.25, 0.3) is 0 Å². The molecule has 54 heavy (non-hydrogen) atoms.